The van der Waals surface area contributed by atoms with Crippen LogP contribution in [0, 0.1) is 29.6 Å². The standard InChI is InChI=1S/C17H22N2O4/c1-6-7-18-9-13(20)19(16(18)22)10-23-15(21)14-12(8-11(2)3)17(14,4)5/h1,8-9,12,14,20H,7,10H2,2-5H3/t12-,14-/m0/s1. The third-order valence-corrected chi connectivity index (χ3v) is 4.30. The number of nitrogens with zero attached hydrogens (tertiary/aromatic N) is 2. The summed E-state index contributed by atoms with van der Waals surface area (Å²) in [5, 5.41) is 9.75. The Balaban J connectivity index is 2.05. The van der Waals surface area contributed by atoms with Crippen molar-refractivity contribution in [3.8, 4) is 18.2 Å². The molecule has 1 heterocycles. The number of terminal acetylenes is 1. The SMILES string of the molecule is C#CCn1cc(O)n(COC(=O)[C@@H]2[C@H](C=C(C)C)C2(C)C)c1=O. The van der Waals surface area contributed by atoms with E-state index >= 15 is 0 Å². The van der Waals surface area contributed by atoms with Crippen molar-refractivity contribution in [3.63, 3.8) is 0 Å². The van der Waals surface area contributed by atoms with Gasteiger partial charge in [-0.15, -0.1) is 6.42 Å². The summed E-state index contributed by atoms with van der Waals surface area (Å²) in [7, 11) is 0. The molecule has 1 aromatic heterocycles. The van der Waals surface area contributed by atoms with Gasteiger partial charge in [0.15, 0.2) is 6.73 Å². The van der Waals surface area contributed by atoms with Gasteiger partial charge in [0, 0.05) is 0 Å². The van der Waals surface area contributed by atoms with Crippen molar-refractivity contribution >= 4 is 5.97 Å². The predicted molar refractivity (Wildman–Crippen MR) is 85.5 cm³/mol. The van der Waals surface area contributed by atoms with E-state index in [1.807, 2.05) is 27.7 Å². The molecule has 2 rings (SSSR count). The van der Waals surface area contributed by atoms with Gasteiger partial charge in [0.1, 0.15) is 0 Å². The number of carbonyl (C=O) groups is 1. The van der Waals surface area contributed by atoms with Gasteiger partial charge in [0.25, 0.3) is 0 Å². The topological polar surface area (TPSA) is 73.5 Å². The summed E-state index contributed by atoms with van der Waals surface area (Å²) in [5.41, 5.74) is 0.485. The maximum absolute atomic E-state index is 12.3. The van der Waals surface area contributed by atoms with Crippen molar-refractivity contribution in [2.24, 2.45) is 17.3 Å². The minimum Gasteiger partial charge on any atom is -0.493 e. The Morgan fingerprint density at radius 1 is 1.52 bits per heavy atom. The molecule has 124 valence electrons. The largest absolute Gasteiger partial charge is 0.493 e. The van der Waals surface area contributed by atoms with Crippen LogP contribution in [-0.4, -0.2) is 20.2 Å². The van der Waals surface area contributed by atoms with Gasteiger partial charge in [-0.05, 0) is 25.2 Å². The average Bonchev–Trinajstić information content (AvgIpc) is 2.85. The number of imidazole rings is 1. The van der Waals surface area contributed by atoms with Gasteiger partial charge in [0.05, 0.1) is 18.7 Å². The van der Waals surface area contributed by atoms with Crippen LogP contribution in [0.2, 0.25) is 0 Å². The summed E-state index contributed by atoms with van der Waals surface area (Å²) in [5.74, 6) is 1.57. The van der Waals surface area contributed by atoms with E-state index < -0.39 is 5.69 Å². The molecule has 0 bridgehead atoms. The van der Waals surface area contributed by atoms with Crippen LogP contribution in [0.15, 0.2) is 22.6 Å². The summed E-state index contributed by atoms with van der Waals surface area (Å²) in [6.07, 6.45) is 8.45. The number of aromatic nitrogens is 2. The van der Waals surface area contributed by atoms with E-state index in [4.69, 9.17) is 11.2 Å². The molecule has 1 N–H and O–H groups in total. The first-order chi connectivity index (χ1) is 10.7. The highest BCUT2D eigenvalue weighted by Gasteiger charge is 2.61. The fraction of sp³-hybridized carbons (Fsp3) is 0.529. The molecular formula is C17H22N2O4. The van der Waals surface area contributed by atoms with Crippen LogP contribution < -0.4 is 5.69 Å². The van der Waals surface area contributed by atoms with E-state index in [-0.39, 0.29) is 42.4 Å². The average molecular weight is 318 g/mol. The van der Waals surface area contributed by atoms with E-state index in [2.05, 4.69) is 12.0 Å². The second kappa shape index (κ2) is 5.99. The fourth-order valence-corrected chi connectivity index (χ4v) is 2.87. The number of hydrogen-bond donors (Lipinski definition) is 1. The van der Waals surface area contributed by atoms with Gasteiger partial charge in [0.2, 0.25) is 5.88 Å². The molecule has 1 aliphatic carbocycles. The minimum atomic E-state index is -0.510. The maximum Gasteiger partial charge on any atom is 0.334 e. The zero-order chi connectivity index (χ0) is 17.4. The van der Waals surface area contributed by atoms with E-state index in [0.717, 1.165) is 10.1 Å². The normalized spacial score (nSPS) is 21.3. The molecule has 1 saturated carbocycles. The summed E-state index contributed by atoms with van der Waals surface area (Å²) in [4.78, 5) is 24.2. The first-order valence-corrected chi connectivity index (χ1v) is 7.44. The van der Waals surface area contributed by atoms with Gasteiger partial charge < -0.3 is 9.84 Å². The highest BCUT2D eigenvalue weighted by atomic mass is 16.5. The first kappa shape index (κ1) is 16.9. The third-order valence-electron chi connectivity index (χ3n) is 4.30. The number of ether oxygens (including phenoxy) is 1. The Morgan fingerprint density at radius 3 is 2.74 bits per heavy atom. The molecule has 0 saturated heterocycles. The molecule has 6 nitrogen and oxygen atoms in total. The lowest BCUT2D eigenvalue weighted by molar-refractivity contribution is -0.150. The van der Waals surface area contributed by atoms with E-state index in [1.54, 1.807) is 0 Å². The number of hydrogen-bond acceptors (Lipinski definition) is 4. The van der Waals surface area contributed by atoms with E-state index in [0.29, 0.717) is 0 Å². The lowest BCUT2D eigenvalue weighted by Gasteiger charge is -2.06. The van der Waals surface area contributed by atoms with E-state index in [9.17, 15) is 14.7 Å². The summed E-state index contributed by atoms with van der Waals surface area (Å²) < 4.78 is 7.37. The molecule has 2 atom stereocenters. The molecule has 0 aromatic carbocycles. The van der Waals surface area contributed by atoms with Crippen LogP contribution in [0.1, 0.15) is 27.7 Å². The second-order valence-electron chi connectivity index (χ2n) is 6.69. The Hall–Kier alpha value is -2.42. The summed E-state index contributed by atoms with van der Waals surface area (Å²) in [6.45, 7) is 7.72. The zero-order valence-corrected chi connectivity index (χ0v) is 13.9. The maximum atomic E-state index is 12.3. The van der Waals surface area contributed by atoms with Crippen molar-refractivity contribution in [2.75, 3.05) is 0 Å². The molecule has 0 unspecified atom stereocenters. The highest BCUT2D eigenvalue weighted by molar-refractivity contribution is 5.78. The fourth-order valence-electron chi connectivity index (χ4n) is 2.87. The number of carbonyl (C=O) groups excluding carboxylic acids is 1. The molecule has 1 aromatic rings. The number of allylic oxidation sites excluding steroid dienone is 2. The van der Waals surface area contributed by atoms with Crippen LogP contribution in [-0.2, 0) is 22.8 Å². The molecule has 1 aliphatic rings. The summed E-state index contributed by atoms with van der Waals surface area (Å²) >= 11 is 0. The van der Waals surface area contributed by atoms with E-state index in [1.165, 1.54) is 10.8 Å². The molecular weight excluding hydrogens is 296 g/mol. The Morgan fingerprint density at radius 2 is 2.17 bits per heavy atom. The van der Waals surface area contributed by atoms with Crippen LogP contribution in [0.25, 0.3) is 0 Å². The number of aromatic hydroxyl groups is 1. The van der Waals surface area contributed by atoms with Gasteiger partial charge in [-0.25, -0.2) is 9.36 Å². The number of rotatable bonds is 5. The van der Waals surface area contributed by atoms with Crippen molar-refractivity contribution in [1.29, 1.82) is 0 Å². The smallest absolute Gasteiger partial charge is 0.334 e. The molecule has 23 heavy (non-hydrogen) atoms. The monoisotopic (exact) mass is 318 g/mol. The van der Waals surface area contributed by atoms with Crippen molar-refractivity contribution in [1.82, 2.24) is 9.13 Å². The Labute approximate surface area is 135 Å². The molecule has 0 spiro atoms. The minimum absolute atomic E-state index is 0.0473. The molecule has 1 fully saturated rings. The van der Waals surface area contributed by atoms with Crippen LogP contribution in [0.3, 0.4) is 0 Å². The Bertz CT molecular complexity index is 742. The summed E-state index contributed by atoms with van der Waals surface area (Å²) in [6, 6.07) is 0. The molecule has 0 amide bonds. The highest BCUT2D eigenvalue weighted by Crippen LogP contribution is 2.59. The lowest BCUT2D eigenvalue weighted by Crippen LogP contribution is -2.26. The third kappa shape index (κ3) is 3.19. The zero-order valence-electron chi connectivity index (χ0n) is 13.9. The lowest BCUT2D eigenvalue weighted by atomic mass is 10.1. The van der Waals surface area contributed by atoms with Crippen molar-refractivity contribution in [3.05, 3.63) is 28.3 Å². The van der Waals surface area contributed by atoms with Crippen LogP contribution in [0.5, 0.6) is 5.88 Å². The molecule has 6 heteroatoms. The molecule has 0 radical (unpaired) electrons. The van der Waals surface area contributed by atoms with Crippen LogP contribution >= 0.6 is 0 Å². The predicted octanol–water partition coefficient (Wildman–Crippen LogP) is 1.73. The first-order valence-electron chi connectivity index (χ1n) is 7.44. The molecule has 0 aliphatic heterocycles. The Kier molecular flexibility index (Phi) is 4.42. The van der Waals surface area contributed by atoms with Gasteiger partial charge in [-0.1, -0.05) is 31.4 Å². The van der Waals surface area contributed by atoms with Gasteiger partial charge >= 0.3 is 11.7 Å². The van der Waals surface area contributed by atoms with Gasteiger partial charge in [-0.2, -0.15) is 0 Å². The van der Waals surface area contributed by atoms with Crippen molar-refractivity contribution in [2.45, 2.75) is 41.0 Å². The van der Waals surface area contributed by atoms with Crippen LogP contribution in [0.4, 0.5) is 0 Å². The second-order valence-corrected chi connectivity index (χ2v) is 6.69. The van der Waals surface area contributed by atoms with Crippen molar-refractivity contribution < 1.29 is 14.6 Å². The quantitative estimate of drug-likeness (QED) is 0.510. The van der Waals surface area contributed by atoms with Gasteiger partial charge in [-0.3, -0.25) is 9.36 Å². The number of esters is 1.